The Kier molecular flexibility index (Phi) is 4.36. The van der Waals surface area contributed by atoms with Crippen molar-refractivity contribution in [3.8, 4) is 5.75 Å². The van der Waals surface area contributed by atoms with Crippen molar-refractivity contribution in [2.75, 3.05) is 20.2 Å². The van der Waals surface area contributed by atoms with Crippen molar-refractivity contribution < 1.29 is 13.2 Å². The van der Waals surface area contributed by atoms with E-state index in [1.54, 1.807) is 23.5 Å². The smallest absolute Gasteiger partial charge is 0.243 e. The first-order valence-corrected chi connectivity index (χ1v) is 8.77. The van der Waals surface area contributed by atoms with Crippen molar-refractivity contribution in [1.82, 2.24) is 4.31 Å². The van der Waals surface area contributed by atoms with Gasteiger partial charge in [0, 0.05) is 13.1 Å². The van der Waals surface area contributed by atoms with E-state index >= 15 is 0 Å². The van der Waals surface area contributed by atoms with Gasteiger partial charge in [-0.25, -0.2) is 8.42 Å². The molecule has 5 heteroatoms. The summed E-state index contributed by atoms with van der Waals surface area (Å²) in [5.41, 5.74) is 1.73. The fourth-order valence-corrected chi connectivity index (χ4v) is 4.75. The van der Waals surface area contributed by atoms with Gasteiger partial charge in [-0.2, -0.15) is 4.31 Å². The van der Waals surface area contributed by atoms with E-state index in [9.17, 15) is 8.42 Å². The molecule has 0 aliphatic carbocycles. The van der Waals surface area contributed by atoms with Gasteiger partial charge in [-0.15, -0.1) is 0 Å². The Morgan fingerprint density at radius 3 is 2.00 bits per heavy atom. The maximum absolute atomic E-state index is 12.9. The quantitative estimate of drug-likeness (QED) is 0.861. The van der Waals surface area contributed by atoms with E-state index < -0.39 is 10.0 Å². The Bertz CT molecular complexity index is 602. The molecule has 4 nitrogen and oxygen atoms in total. The van der Waals surface area contributed by atoms with E-state index in [1.165, 1.54) is 0 Å². The molecule has 1 aliphatic heterocycles. The molecule has 0 radical (unpaired) electrons. The molecule has 1 heterocycles. The lowest BCUT2D eigenvalue weighted by molar-refractivity contribution is 0.195. The molecular weight excluding hydrogens is 286 g/mol. The van der Waals surface area contributed by atoms with Crippen molar-refractivity contribution in [1.29, 1.82) is 0 Å². The van der Waals surface area contributed by atoms with Crippen molar-refractivity contribution in [2.24, 2.45) is 5.41 Å². The summed E-state index contributed by atoms with van der Waals surface area (Å²) >= 11 is 0. The van der Waals surface area contributed by atoms with Crippen LogP contribution in [0.3, 0.4) is 0 Å². The highest BCUT2D eigenvalue weighted by molar-refractivity contribution is 7.89. The highest BCUT2D eigenvalue weighted by Crippen LogP contribution is 2.34. The maximum Gasteiger partial charge on any atom is 0.243 e. The van der Waals surface area contributed by atoms with Crippen molar-refractivity contribution in [3.05, 3.63) is 23.3 Å². The van der Waals surface area contributed by atoms with E-state index in [-0.39, 0.29) is 5.41 Å². The molecule has 21 heavy (non-hydrogen) atoms. The number of hydrogen-bond donors (Lipinski definition) is 0. The van der Waals surface area contributed by atoms with Crippen molar-refractivity contribution in [2.45, 2.75) is 45.4 Å². The summed E-state index contributed by atoms with van der Waals surface area (Å²) in [6, 6.07) is 3.57. The molecule has 0 atom stereocenters. The van der Waals surface area contributed by atoms with Crippen LogP contribution in [0, 0.1) is 19.3 Å². The first kappa shape index (κ1) is 16.3. The van der Waals surface area contributed by atoms with Crippen LogP contribution in [0.4, 0.5) is 0 Å². The third kappa shape index (κ3) is 3.24. The normalized spacial score (nSPS) is 19.5. The van der Waals surface area contributed by atoms with Gasteiger partial charge in [-0.05, 0) is 55.4 Å². The van der Waals surface area contributed by atoms with E-state index in [0.717, 1.165) is 24.0 Å². The molecule has 0 amide bonds. The summed E-state index contributed by atoms with van der Waals surface area (Å²) in [5, 5.41) is 0. The maximum atomic E-state index is 12.9. The topological polar surface area (TPSA) is 46.6 Å². The zero-order chi connectivity index (χ0) is 15.8. The number of nitrogens with zero attached hydrogens (tertiary/aromatic N) is 1. The molecule has 0 aromatic heterocycles. The minimum Gasteiger partial charge on any atom is -0.497 e. The predicted molar refractivity (Wildman–Crippen MR) is 84.2 cm³/mol. The number of methoxy groups -OCH3 is 1. The van der Waals surface area contributed by atoms with Crippen LogP contribution in [0.5, 0.6) is 5.75 Å². The number of ether oxygens (including phenoxy) is 1. The first-order chi connectivity index (χ1) is 9.67. The summed E-state index contributed by atoms with van der Waals surface area (Å²) in [5.74, 6) is 0.698. The molecule has 0 bridgehead atoms. The molecule has 1 fully saturated rings. The molecular formula is C16H25NO3S. The third-order valence-corrected chi connectivity index (χ3v) is 6.55. The molecule has 2 rings (SSSR count). The van der Waals surface area contributed by atoms with Gasteiger partial charge in [0.1, 0.15) is 5.75 Å². The van der Waals surface area contributed by atoms with Gasteiger partial charge in [-0.3, -0.25) is 0 Å². The summed E-state index contributed by atoms with van der Waals surface area (Å²) in [7, 11) is -1.83. The SMILES string of the molecule is COc1cc(C)c(S(=O)(=O)N2CCC(C)(C)CC2)c(C)c1. The lowest BCUT2D eigenvalue weighted by Gasteiger charge is -2.36. The van der Waals surface area contributed by atoms with Crippen LogP contribution in [0.25, 0.3) is 0 Å². The predicted octanol–water partition coefficient (Wildman–Crippen LogP) is 3.12. The largest absolute Gasteiger partial charge is 0.497 e. The Hall–Kier alpha value is -1.07. The molecule has 0 unspecified atom stereocenters. The molecule has 1 aromatic carbocycles. The number of benzene rings is 1. The molecule has 0 N–H and O–H groups in total. The van der Waals surface area contributed by atoms with Crippen LogP contribution >= 0.6 is 0 Å². The van der Waals surface area contributed by atoms with Gasteiger partial charge in [-0.1, -0.05) is 13.8 Å². The minimum atomic E-state index is -3.42. The van der Waals surface area contributed by atoms with Gasteiger partial charge in [0.2, 0.25) is 10.0 Å². The number of aryl methyl sites for hydroxylation is 2. The lowest BCUT2D eigenvalue weighted by Crippen LogP contribution is -2.41. The van der Waals surface area contributed by atoms with Crippen LogP contribution in [0.15, 0.2) is 17.0 Å². The van der Waals surface area contributed by atoms with E-state index in [1.807, 2.05) is 13.8 Å². The van der Waals surface area contributed by atoms with Gasteiger partial charge >= 0.3 is 0 Å². The van der Waals surface area contributed by atoms with Gasteiger partial charge < -0.3 is 4.74 Å². The van der Waals surface area contributed by atoms with Gasteiger partial charge in [0.25, 0.3) is 0 Å². The van der Waals surface area contributed by atoms with Gasteiger partial charge in [0.15, 0.2) is 0 Å². The van der Waals surface area contributed by atoms with Crippen LogP contribution < -0.4 is 4.74 Å². The van der Waals surface area contributed by atoms with Crippen LogP contribution in [0.1, 0.15) is 37.8 Å². The third-order valence-electron chi connectivity index (χ3n) is 4.34. The Balaban J connectivity index is 2.37. The molecule has 0 spiro atoms. The molecule has 0 saturated carbocycles. The molecule has 1 saturated heterocycles. The monoisotopic (exact) mass is 311 g/mol. The van der Waals surface area contributed by atoms with Crippen molar-refractivity contribution in [3.63, 3.8) is 0 Å². The highest BCUT2D eigenvalue weighted by atomic mass is 32.2. The molecule has 118 valence electrons. The second-order valence-electron chi connectivity index (χ2n) is 6.66. The highest BCUT2D eigenvalue weighted by Gasteiger charge is 2.34. The summed E-state index contributed by atoms with van der Waals surface area (Å²) in [4.78, 5) is 0.433. The number of sulfonamides is 1. The average molecular weight is 311 g/mol. The van der Waals surface area contributed by atoms with E-state index in [2.05, 4.69) is 13.8 Å². The summed E-state index contributed by atoms with van der Waals surface area (Å²) < 4.78 is 32.7. The van der Waals surface area contributed by atoms with Crippen LogP contribution in [0.2, 0.25) is 0 Å². The number of piperidine rings is 1. The van der Waals surface area contributed by atoms with Crippen LogP contribution in [-0.2, 0) is 10.0 Å². The minimum absolute atomic E-state index is 0.232. The Morgan fingerprint density at radius 1 is 1.10 bits per heavy atom. The lowest BCUT2D eigenvalue weighted by atomic mass is 9.83. The van der Waals surface area contributed by atoms with Crippen molar-refractivity contribution >= 4 is 10.0 Å². The Morgan fingerprint density at radius 2 is 1.57 bits per heavy atom. The van der Waals surface area contributed by atoms with E-state index in [0.29, 0.717) is 23.7 Å². The first-order valence-electron chi connectivity index (χ1n) is 7.33. The zero-order valence-electron chi connectivity index (χ0n) is 13.6. The average Bonchev–Trinajstić information content (AvgIpc) is 2.36. The molecule has 1 aromatic rings. The van der Waals surface area contributed by atoms with E-state index in [4.69, 9.17) is 4.74 Å². The second kappa shape index (κ2) is 5.61. The molecule has 1 aliphatic rings. The number of rotatable bonds is 3. The summed E-state index contributed by atoms with van der Waals surface area (Å²) in [6.07, 6.45) is 1.81. The standard InChI is InChI=1S/C16H25NO3S/c1-12-10-14(20-5)11-13(2)15(12)21(18,19)17-8-6-16(3,4)7-9-17/h10-11H,6-9H2,1-5H3. The Labute approximate surface area is 128 Å². The zero-order valence-corrected chi connectivity index (χ0v) is 14.4. The fourth-order valence-electron chi connectivity index (χ4n) is 2.90. The fraction of sp³-hybridized carbons (Fsp3) is 0.625. The van der Waals surface area contributed by atoms with Crippen LogP contribution in [-0.4, -0.2) is 32.9 Å². The number of hydrogen-bond acceptors (Lipinski definition) is 3. The summed E-state index contributed by atoms with van der Waals surface area (Å²) in [6.45, 7) is 9.24. The van der Waals surface area contributed by atoms with Gasteiger partial charge in [0.05, 0.1) is 12.0 Å². The second-order valence-corrected chi connectivity index (χ2v) is 8.53.